The molecule has 0 saturated heterocycles. The van der Waals surface area contributed by atoms with E-state index in [-0.39, 0.29) is 5.78 Å². The second-order valence-corrected chi connectivity index (χ2v) is 7.68. The number of nitrogens with one attached hydrogen (secondary N) is 1. The van der Waals surface area contributed by atoms with Crippen LogP contribution in [0.5, 0.6) is 5.75 Å². The number of carbonyl (C=O) groups is 1. The number of carbonyl (C=O) groups excluding carboxylic acids is 1. The number of ketones is 1. The summed E-state index contributed by atoms with van der Waals surface area (Å²) in [5.41, 5.74) is 2.96. The lowest BCUT2D eigenvalue weighted by atomic mass is 10.0. The molecule has 3 aromatic rings. The average molecular weight is 405 g/mol. The molecule has 30 heavy (non-hydrogen) atoms. The molecule has 0 aliphatic rings. The normalized spacial score (nSPS) is 10.8. The predicted octanol–water partition coefficient (Wildman–Crippen LogP) is 6.66. The van der Waals surface area contributed by atoms with E-state index in [0.29, 0.717) is 6.42 Å². The van der Waals surface area contributed by atoms with Crippen molar-refractivity contribution in [1.29, 1.82) is 0 Å². The van der Waals surface area contributed by atoms with Crippen molar-refractivity contribution in [3.8, 4) is 5.75 Å². The van der Waals surface area contributed by atoms with Crippen LogP contribution in [0.4, 0.5) is 5.69 Å². The van der Waals surface area contributed by atoms with Crippen molar-refractivity contribution in [3.05, 3.63) is 66.4 Å². The summed E-state index contributed by atoms with van der Waals surface area (Å²) < 4.78 is 5.19. The van der Waals surface area contributed by atoms with Crippen LogP contribution < -0.4 is 10.1 Å². The van der Waals surface area contributed by atoms with E-state index in [4.69, 9.17) is 4.74 Å². The van der Waals surface area contributed by atoms with Gasteiger partial charge in [-0.15, -0.1) is 0 Å². The Morgan fingerprint density at radius 2 is 1.67 bits per heavy atom. The zero-order valence-electron chi connectivity index (χ0n) is 17.9. The number of hydrogen-bond acceptors (Lipinski definition) is 4. The van der Waals surface area contributed by atoms with Crippen molar-refractivity contribution < 1.29 is 9.53 Å². The molecule has 0 unspecified atom stereocenters. The van der Waals surface area contributed by atoms with E-state index in [1.165, 1.54) is 43.2 Å². The van der Waals surface area contributed by atoms with E-state index >= 15 is 0 Å². The number of fused-ring (bicyclic) bond motifs is 1. The van der Waals surface area contributed by atoms with Gasteiger partial charge in [-0.2, -0.15) is 0 Å². The number of ether oxygens (including phenoxy) is 1. The van der Waals surface area contributed by atoms with E-state index < -0.39 is 0 Å². The van der Waals surface area contributed by atoms with Gasteiger partial charge in [0.1, 0.15) is 5.75 Å². The van der Waals surface area contributed by atoms with Crippen LogP contribution in [-0.2, 0) is 0 Å². The second-order valence-electron chi connectivity index (χ2n) is 7.68. The lowest BCUT2D eigenvalue weighted by Gasteiger charge is -2.09. The molecule has 1 heterocycles. The third-order valence-corrected chi connectivity index (χ3v) is 5.44. The van der Waals surface area contributed by atoms with Crippen LogP contribution in [0.3, 0.4) is 0 Å². The number of para-hydroxylation sites is 1. The van der Waals surface area contributed by atoms with Gasteiger partial charge in [0.15, 0.2) is 5.78 Å². The number of anilines is 1. The second kappa shape index (κ2) is 12.0. The van der Waals surface area contributed by atoms with E-state index in [9.17, 15) is 4.79 Å². The van der Waals surface area contributed by atoms with Crippen LogP contribution in [0.2, 0.25) is 0 Å². The minimum Gasteiger partial charge on any atom is -0.497 e. The number of rotatable bonds is 13. The van der Waals surface area contributed by atoms with Crippen molar-refractivity contribution in [3.63, 3.8) is 0 Å². The maximum atomic E-state index is 12.3. The van der Waals surface area contributed by atoms with Crippen LogP contribution in [-0.4, -0.2) is 24.4 Å². The molecule has 2 aromatic carbocycles. The van der Waals surface area contributed by atoms with Crippen molar-refractivity contribution >= 4 is 22.4 Å². The Balaban J connectivity index is 1.23. The molecule has 0 amide bonds. The van der Waals surface area contributed by atoms with Crippen LogP contribution in [0.15, 0.2) is 60.8 Å². The topological polar surface area (TPSA) is 51.2 Å². The molecule has 0 fully saturated rings. The Kier molecular flexibility index (Phi) is 8.70. The Morgan fingerprint density at radius 3 is 2.50 bits per heavy atom. The number of Topliss-reactive ketones (excluding diaryl/α,β-unsaturated/α-hetero) is 1. The highest BCUT2D eigenvalue weighted by atomic mass is 16.5. The summed E-state index contributed by atoms with van der Waals surface area (Å²) in [5, 5.41) is 4.73. The molecule has 1 N–H and O–H groups in total. The van der Waals surface area contributed by atoms with Crippen molar-refractivity contribution in [2.45, 2.75) is 51.4 Å². The Hall–Kier alpha value is -2.88. The molecule has 0 radical (unpaired) electrons. The fraction of sp³-hybridized carbons (Fsp3) is 0.385. The summed E-state index contributed by atoms with van der Waals surface area (Å²) in [5.74, 6) is 0.955. The summed E-state index contributed by atoms with van der Waals surface area (Å²) >= 11 is 0. The molecule has 0 saturated carbocycles. The molecule has 0 aliphatic heterocycles. The lowest BCUT2D eigenvalue weighted by Crippen LogP contribution is -2.02. The van der Waals surface area contributed by atoms with Crippen molar-refractivity contribution in [2.24, 2.45) is 0 Å². The first-order valence-corrected chi connectivity index (χ1v) is 11.0. The standard InChI is InChI=1S/C26H32N2O2/c1-30-22-13-11-12-21(20-22)26(29)16-7-5-3-2-4-6-10-18-27-25-17-19-28-24-15-9-8-14-23(24)25/h8-9,11-15,17,19-20H,2-7,10,16,18H2,1H3,(H,27,28). The molecule has 0 bridgehead atoms. The molecular formula is C26H32N2O2. The van der Waals surface area contributed by atoms with Gasteiger partial charge >= 0.3 is 0 Å². The van der Waals surface area contributed by atoms with E-state index in [1.54, 1.807) is 7.11 Å². The molecule has 3 rings (SSSR count). The Labute approximate surface area is 179 Å². The molecule has 4 heteroatoms. The number of pyridine rings is 1. The summed E-state index contributed by atoms with van der Waals surface area (Å²) in [6.45, 7) is 0.989. The quantitative estimate of drug-likeness (QED) is 0.256. The van der Waals surface area contributed by atoms with Gasteiger partial charge < -0.3 is 10.1 Å². The summed E-state index contributed by atoms with van der Waals surface area (Å²) in [6.07, 6.45) is 10.7. The maximum absolute atomic E-state index is 12.3. The molecule has 0 aliphatic carbocycles. The lowest BCUT2D eigenvalue weighted by molar-refractivity contribution is 0.0978. The largest absolute Gasteiger partial charge is 0.497 e. The third-order valence-electron chi connectivity index (χ3n) is 5.44. The summed E-state index contributed by atoms with van der Waals surface area (Å²) in [4.78, 5) is 16.7. The first kappa shape index (κ1) is 21.8. The number of unbranched alkanes of at least 4 members (excludes halogenated alkanes) is 6. The third kappa shape index (κ3) is 6.58. The van der Waals surface area contributed by atoms with Gasteiger partial charge in [0.25, 0.3) is 0 Å². The molecule has 0 spiro atoms. The number of nitrogens with zero attached hydrogens (tertiary/aromatic N) is 1. The highest BCUT2D eigenvalue weighted by Crippen LogP contribution is 2.21. The van der Waals surface area contributed by atoms with Gasteiger partial charge in [-0.3, -0.25) is 9.78 Å². The van der Waals surface area contributed by atoms with Gasteiger partial charge in [-0.05, 0) is 37.1 Å². The Morgan fingerprint density at radius 1 is 0.900 bits per heavy atom. The highest BCUT2D eigenvalue weighted by molar-refractivity contribution is 5.96. The zero-order valence-corrected chi connectivity index (χ0v) is 17.9. The molecule has 158 valence electrons. The number of hydrogen-bond donors (Lipinski definition) is 1. The van der Waals surface area contributed by atoms with Crippen LogP contribution >= 0.6 is 0 Å². The van der Waals surface area contributed by atoms with Crippen molar-refractivity contribution in [1.82, 2.24) is 4.98 Å². The fourth-order valence-corrected chi connectivity index (χ4v) is 3.71. The minimum absolute atomic E-state index is 0.212. The van der Waals surface area contributed by atoms with Crippen LogP contribution in [0.25, 0.3) is 10.9 Å². The molecule has 1 aromatic heterocycles. The zero-order chi connectivity index (χ0) is 21.0. The van der Waals surface area contributed by atoms with Gasteiger partial charge in [-0.1, -0.05) is 62.4 Å². The predicted molar refractivity (Wildman–Crippen MR) is 124 cm³/mol. The van der Waals surface area contributed by atoms with Crippen molar-refractivity contribution in [2.75, 3.05) is 19.0 Å². The van der Waals surface area contributed by atoms with Gasteiger partial charge in [0.2, 0.25) is 0 Å². The number of aromatic nitrogens is 1. The summed E-state index contributed by atoms with van der Waals surface area (Å²) in [7, 11) is 1.63. The number of methoxy groups -OCH3 is 1. The van der Waals surface area contributed by atoms with Gasteiger partial charge in [-0.25, -0.2) is 0 Å². The van der Waals surface area contributed by atoms with Gasteiger partial charge in [0, 0.05) is 35.8 Å². The van der Waals surface area contributed by atoms with Gasteiger partial charge in [0.05, 0.1) is 12.6 Å². The minimum atomic E-state index is 0.212. The monoisotopic (exact) mass is 404 g/mol. The maximum Gasteiger partial charge on any atom is 0.163 e. The molecular weight excluding hydrogens is 372 g/mol. The van der Waals surface area contributed by atoms with Crippen LogP contribution in [0.1, 0.15) is 61.7 Å². The Bertz CT molecular complexity index is 934. The fourth-order valence-electron chi connectivity index (χ4n) is 3.71. The van der Waals surface area contributed by atoms with E-state index in [0.717, 1.165) is 36.2 Å². The molecule has 0 atom stereocenters. The highest BCUT2D eigenvalue weighted by Gasteiger charge is 2.06. The summed E-state index contributed by atoms with van der Waals surface area (Å²) in [6, 6.07) is 17.7. The average Bonchev–Trinajstić information content (AvgIpc) is 2.80. The van der Waals surface area contributed by atoms with E-state index in [1.807, 2.05) is 42.6 Å². The van der Waals surface area contributed by atoms with E-state index in [2.05, 4.69) is 28.5 Å². The number of benzene rings is 2. The SMILES string of the molecule is COc1cccc(C(=O)CCCCCCCCCNc2ccnc3ccccc23)c1. The smallest absolute Gasteiger partial charge is 0.163 e. The molecule has 4 nitrogen and oxygen atoms in total. The first-order chi connectivity index (χ1) is 14.8. The van der Waals surface area contributed by atoms with Crippen LogP contribution in [0, 0.1) is 0 Å². The first-order valence-electron chi connectivity index (χ1n) is 11.0.